The summed E-state index contributed by atoms with van der Waals surface area (Å²) in [5.74, 6) is 0.311. The molecular formula is C14H11BrFN3OS. The quantitative estimate of drug-likeness (QED) is 0.720. The Labute approximate surface area is 132 Å². The van der Waals surface area contributed by atoms with Gasteiger partial charge >= 0.3 is 0 Å². The lowest BCUT2D eigenvalue weighted by atomic mass is 10.1. The molecule has 21 heavy (non-hydrogen) atoms. The van der Waals surface area contributed by atoms with E-state index in [-0.39, 0.29) is 5.82 Å². The lowest BCUT2D eigenvalue weighted by Crippen LogP contribution is -1.87. The van der Waals surface area contributed by atoms with E-state index in [4.69, 9.17) is 10.3 Å². The number of aromatic nitrogens is 2. The van der Waals surface area contributed by atoms with Gasteiger partial charge in [0.05, 0.1) is 10.6 Å². The molecule has 3 rings (SSSR count). The van der Waals surface area contributed by atoms with E-state index in [9.17, 15) is 4.39 Å². The molecule has 0 aliphatic rings. The fraction of sp³-hybridized carbons (Fsp3) is 0.143. The fourth-order valence-electron chi connectivity index (χ4n) is 2.04. The maximum absolute atomic E-state index is 13.4. The van der Waals surface area contributed by atoms with Gasteiger partial charge in [0.15, 0.2) is 0 Å². The first-order valence-electron chi connectivity index (χ1n) is 6.11. The smallest absolute Gasteiger partial charge is 0.261 e. The van der Waals surface area contributed by atoms with Gasteiger partial charge in [-0.1, -0.05) is 21.1 Å². The first-order valence-corrected chi connectivity index (χ1v) is 7.72. The first-order chi connectivity index (χ1) is 9.95. The molecule has 0 radical (unpaired) electrons. The lowest BCUT2D eigenvalue weighted by molar-refractivity contribution is 0.432. The van der Waals surface area contributed by atoms with E-state index in [1.807, 2.05) is 13.8 Å². The Bertz CT molecular complexity index is 807. The Balaban J connectivity index is 2.08. The van der Waals surface area contributed by atoms with E-state index >= 15 is 0 Å². The number of halogens is 2. The number of thiophene rings is 1. The first kappa shape index (κ1) is 14.2. The Morgan fingerprint density at radius 1 is 1.29 bits per heavy atom. The normalized spacial score (nSPS) is 11.0. The minimum Gasteiger partial charge on any atom is -0.390 e. The molecule has 0 saturated heterocycles. The van der Waals surface area contributed by atoms with Crippen molar-refractivity contribution in [3.05, 3.63) is 38.9 Å². The molecule has 7 heteroatoms. The van der Waals surface area contributed by atoms with Crippen LogP contribution in [0.5, 0.6) is 0 Å². The summed E-state index contributed by atoms with van der Waals surface area (Å²) in [5.41, 5.74) is 8.31. The van der Waals surface area contributed by atoms with Crippen molar-refractivity contribution in [2.24, 2.45) is 0 Å². The summed E-state index contributed by atoms with van der Waals surface area (Å²) >= 11 is 4.73. The van der Waals surface area contributed by atoms with Gasteiger partial charge in [0.1, 0.15) is 5.82 Å². The molecule has 2 aromatic heterocycles. The highest BCUT2D eigenvalue weighted by atomic mass is 79.9. The predicted octanol–water partition coefficient (Wildman–Crippen LogP) is 4.57. The molecule has 0 bridgehead atoms. The van der Waals surface area contributed by atoms with Crippen molar-refractivity contribution in [2.45, 2.75) is 13.8 Å². The monoisotopic (exact) mass is 367 g/mol. The molecule has 1 aromatic carbocycles. The molecule has 0 amide bonds. The van der Waals surface area contributed by atoms with Gasteiger partial charge in [-0.2, -0.15) is 4.98 Å². The number of rotatable bonds is 2. The third kappa shape index (κ3) is 2.58. The summed E-state index contributed by atoms with van der Waals surface area (Å²) in [4.78, 5) is 5.44. The second-order valence-electron chi connectivity index (χ2n) is 4.60. The lowest BCUT2D eigenvalue weighted by Gasteiger charge is -1.97. The van der Waals surface area contributed by atoms with Crippen molar-refractivity contribution >= 4 is 32.3 Å². The number of hydrogen-bond donors (Lipinski definition) is 1. The van der Waals surface area contributed by atoms with Crippen LogP contribution in [0.25, 0.3) is 22.8 Å². The number of nitrogen functional groups attached to an aromatic ring is 1. The second kappa shape index (κ2) is 5.23. The van der Waals surface area contributed by atoms with Crippen molar-refractivity contribution in [3.63, 3.8) is 0 Å². The maximum Gasteiger partial charge on any atom is 0.261 e. The number of nitrogens with zero attached hydrogens (tertiary/aromatic N) is 2. The molecule has 0 aliphatic carbocycles. The zero-order valence-corrected chi connectivity index (χ0v) is 13.7. The van der Waals surface area contributed by atoms with E-state index in [0.29, 0.717) is 26.8 Å². The van der Waals surface area contributed by atoms with Crippen molar-refractivity contribution in [3.8, 4) is 22.8 Å². The summed E-state index contributed by atoms with van der Waals surface area (Å²) in [6.07, 6.45) is 0. The second-order valence-corrected chi connectivity index (χ2v) is 6.78. The van der Waals surface area contributed by atoms with Gasteiger partial charge < -0.3 is 10.3 Å². The summed E-state index contributed by atoms with van der Waals surface area (Å²) < 4.78 is 19.3. The fourth-order valence-corrected chi connectivity index (χ4v) is 3.44. The molecular weight excluding hydrogens is 357 g/mol. The topological polar surface area (TPSA) is 64.9 Å². The number of hydrogen-bond acceptors (Lipinski definition) is 5. The van der Waals surface area contributed by atoms with E-state index in [0.717, 1.165) is 16.0 Å². The molecule has 0 unspecified atom stereocenters. The summed E-state index contributed by atoms with van der Waals surface area (Å²) in [6, 6.07) is 4.45. The summed E-state index contributed by atoms with van der Waals surface area (Å²) in [6.45, 7) is 3.95. The Kier molecular flexibility index (Phi) is 3.54. The highest BCUT2D eigenvalue weighted by Gasteiger charge is 2.19. The molecule has 0 atom stereocenters. The van der Waals surface area contributed by atoms with E-state index in [1.54, 1.807) is 6.07 Å². The summed E-state index contributed by atoms with van der Waals surface area (Å²) in [7, 11) is 0. The van der Waals surface area contributed by atoms with Gasteiger partial charge in [0.2, 0.25) is 5.82 Å². The standard InChI is InChI=1S/C14H11BrFN3OS/c1-6-7(2)21-12(17)11(6)14-18-13(19-20-14)8-3-9(15)5-10(16)4-8/h3-5H,17H2,1-2H3. The molecule has 3 aromatic rings. The number of anilines is 1. The number of benzene rings is 1. The zero-order chi connectivity index (χ0) is 15.1. The molecule has 0 aliphatic heterocycles. The minimum absolute atomic E-state index is 0.327. The average Bonchev–Trinajstić information content (AvgIpc) is 2.95. The van der Waals surface area contributed by atoms with Crippen LogP contribution >= 0.6 is 27.3 Å². The largest absolute Gasteiger partial charge is 0.390 e. The van der Waals surface area contributed by atoms with E-state index in [2.05, 4.69) is 26.1 Å². The summed E-state index contributed by atoms with van der Waals surface area (Å²) in [5, 5.41) is 4.55. The Hall–Kier alpha value is -1.73. The van der Waals surface area contributed by atoms with Gasteiger partial charge in [-0.05, 0) is 37.6 Å². The Morgan fingerprint density at radius 3 is 2.67 bits per heavy atom. The van der Waals surface area contributed by atoms with Crippen LogP contribution in [0.4, 0.5) is 9.39 Å². The minimum atomic E-state index is -0.368. The molecule has 0 saturated carbocycles. The molecule has 0 spiro atoms. The van der Waals surface area contributed by atoms with Crippen LogP contribution in [-0.2, 0) is 0 Å². The molecule has 2 heterocycles. The molecule has 4 nitrogen and oxygen atoms in total. The van der Waals surface area contributed by atoms with Gasteiger partial charge in [-0.15, -0.1) is 11.3 Å². The highest BCUT2D eigenvalue weighted by Crippen LogP contribution is 2.37. The number of aryl methyl sites for hydroxylation is 1. The van der Waals surface area contributed by atoms with Crippen LogP contribution in [0.2, 0.25) is 0 Å². The average molecular weight is 368 g/mol. The van der Waals surface area contributed by atoms with Crippen LogP contribution in [0.3, 0.4) is 0 Å². The van der Waals surface area contributed by atoms with E-state index in [1.165, 1.54) is 23.5 Å². The maximum atomic E-state index is 13.4. The SMILES string of the molecule is Cc1sc(N)c(-c2nc(-c3cc(F)cc(Br)c3)no2)c1C. The van der Waals surface area contributed by atoms with Crippen molar-refractivity contribution < 1.29 is 8.91 Å². The third-order valence-corrected chi connectivity index (χ3v) is 4.67. The zero-order valence-electron chi connectivity index (χ0n) is 11.3. The van der Waals surface area contributed by atoms with Crippen molar-refractivity contribution in [2.75, 3.05) is 5.73 Å². The van der Waals surface area contributed by atoms with Gasteiger partial charge in [-0.3, -0.25) is 0 Å². The van der Waals surface area contributed by atoms with Crippen LogP contribution in [0.1, 0.15) is 10.4 Å². The molecule has 108 valence electrons. The van der Waals surface area contributed by atoms with Gasteiger partial charge in [-0.25, -0.2) is 4.39 Å². The molecule has 0 fully saturated rings. The predicted molar refractivity (Wildman–Crippen MR) is 84.6 cm³/mol. The molecule has 2 N–H and O–H groups in total. The van der Waals surface area contributed by atoms with Crippen molar-refractivity contribution in [1.29, 1.82) is 0 Å². The van der Waals surface area contributed by atoms with Crippen LogP contribution < -0.4 is 5.73 Å². The van der Waals surface area contributed by atoms with Crippen LogP contribution in [0, 0.1) is 19.7 Å². The third-order valence-electron chi connectivity index (χ3n) is 3.17. The van der Waals surface area contributed by atoms with E-state index < -0.39 is 0 Å². The van der Waals surface area contributed by atoms with Crippen LogP contribution in [0.15, 0.2) is 27.2 Å². The van der Waals surface area contributed by atoms with Crippen LogP contribution in [-0.4, -0.2) is 10.1 Å². The van der Waals surface area contributed by atoms with Gasteiger partial charge in [0.25, 0.3) is 5.89 Å². The highest BCUT2D eigenvalue weighted by molar-refractivity contribution is 9.10. The Morgan fingerprint density at radius 2 is 2.05 bits per heavy atom. The number of nitrogens with two attached hydrogens (primary N) is 1. The van der Waals surface area contributed by atoms with Crippen molar-refractivity contribution in [1.82, 2.24) is 10.1 Å². The van der Waals surface area contributed by atoms with Gasteiger partial charge in [0, 0.05) is 14.9 Å².